The second kappa shape index (κ2) is 5.92. The molecule has 0 saturated carbocycles. The molecule has 0 aliphatic rings. The Kier molecular flexibility index (Phi) is 3.99. The number of hydrogen-bond donors (Lipinski definition) is 1. The van der Waals surface area contributed by atoms with Crippen LogP contribution in [0.15, 0.2) is 48.5 Å². The van der Waals surface area contributed by atoms with E-state index in [1.54, 1.807) is 17.4 Å². The van der Waals surface area contributed by atoms with Crippen LogP contribution in [0.5, 0.6) is 0 Å². The molecule has 0 spiro atoms. The molecule has 0 amide bonds. The van der Waals surface area contributed by atoms with Crippen LogP contribution >= 0.6 is 11.3 Å². The smallest absolute Gasteiger partial charge is 0.127 e. The fourth-order valence-corrected chi connectivity index (χ4v) is 3.42. The maximum Gasteiger partial charge on any atom is 0.127 e. The van der Waals surface area contributed by atoms with Crippen molar-refractivity contribution in [2.45, 2.75) is 25.9 Å². The second-order valence-electron chi connectivity index (χ2n) is 5.15. The van der Waals surface area contributed by atoms with Crippen molar-refractivity contribution in [3.05, 3.63) is 64.9 Å². The molecule has 0 bridgehead atoms. The Bertz CT molecular complexity index is 720. The van der Waals surface area contributed by atoms with Crippen LogP contribution in [-0.2, 0) is 0 Å². The van der Waals surface area contributed by atoms with E-state index in [4.69, 9.17) is 0 Å². The first-order valence-electron chi connectivity index (χ1n) is 7.01. The van der Waals surface area contributed by atoms with E-state index in [-0.39, 0.29) is 17.9 Å². The zero-order chi connectivity index (χ0) is 14.8. The van der Waals surface area contributed by atoms with Crippen molar-refractivity contribution in [3.63, 3.8) is 0 Å². The average molecular weight is 300 g/mol. The van der Waals surface area contributed by atoms with Gasteiger partial charge in [-0.05, 0) is 32.0 Å². The topological polar surface area (TPSA) is 24.9 Å². The highest BCUT2D eigenvalue weighted by Gasteiger charge is 2.16. The van der Waals surface area contributed by atoms with Crippen molar-refractivity contribution in [1.29, 1.82) is 0 Å². The van der Waals surface area contributed by atoms with E-state index in [9.17, 15) is 4.39 Å². The lowest BCUT2D eigenvalue weighted by atomic mass is 10.1. The molecule has 2 nitrogen and oxygen atoms in total. The van der Waals surface area contributed by atoms with Crippen molar-refractivity contribution in [3.8, 4) is 0 Å². The molecule has 0 aliphatic heterocycles. The highest BCUT2D eigenvalue weighted by Crippen LogP contribution is 2.28. The lowest BCUT2D eigenvalue weighted by molar-refractivity contribution is 0.473. The third-order valence-electron chi connectivity index (χ3n) is 3.55. The minimum atomic E-state index is -0.172. The largest absolute Gasteiger partial charge is 0.301 e. The Morgan fingerprint density at radius 3 is 2.48 bits per heavy atom. The lowest BCUT2D eigenvalue weighted by Gasteiger charge is -2.19. The zero-order valence-corrected chi connectivity index (χ0v) is 12.8. The van der Waals surface area contributed by atoms with Gasteiger partial charge < -0.3 is 5.32 Å². The molecule has 1 heterocycles. The first-order chi connectivity index (χ1) is 10.1. The van der Waals surface area contributed by atoms with Crippen LogP contribution in [0.25, 0.3) is 10.2 Å². The summed E-state index contributed by atoms with van der Waals surface area (Å²) in [5.41, 5.74) is 1.70. The van der Waals surface area contributed by atoms with Crippen molar-refractivity contribution in [2.75, 3.05) is 0 Å². The molecule has 0 aliphatic carbocycles. The predicted octanol–water partition coefficient (Wildman–Crippen LogP) is 4.85. The van der Waals surface area contributed by atoms with E-state index in [0.29, 0.717) is 5.56 Å². The Hall–Kier alpha value is -1.78. The summed E-state index contributed by atoms with van der Waals surface area (Å²) in [5.74, 6) is -0.172. The number of halogens is 1. The minimum Gasteiger partial charge on any atom is -0.301 e. The van der Waals surface area contributed by atoms with Crippen LogP contribution in [0, 0.1) is 5.82 Å². The molecule has 2 aromatic carbocycles. The number of rotatable bonds is 4. The summed E-state index contributed by atoms with van der Waals surface area (Å²) >= 11 is 1.68. The van der Waals surface area contributed by atoms with Crippen LogP contribution in [0.2, 0.25) is 0 Å². The number of thiazole rings is 1. The Morgan fingerprint density at radius 1 is 1.00 bits per heavy atom. The molecule has 3 aromatic rings. The van der Waals surface area contributed by atoms with Crippen molar-refractivity contribution in [2.24, 2.45) is 0 Å². The van der Waals surface area contributed by atoms with Crippen LogP contribution < -0.4 is 5.32 Å². The van der Waals surface area contributed by atoms with Crippen molar-refractivity contribution >= 4 is 21.6 Å². The molecule has 0 saturated heterocycles. The van der Waals surface area contributed by atoms with Gasteiger partial charge in [0.05, 0.1) is 16.3 Å². The van der Waals surface area contributed by atoms with Gasteiger partial charge in [0, 0.05) is 11.6 Å². The number of nitrogens with one attached hydrogen (secondary N) is 1. The molecule has 0 fully saturated rings. The van der Waals surface area contributed by atoms with Crippen molar-refractivity contribution in [1.82, 2.24) is 10.3 Å². The molecule has 21 heavy (non-hydrogen) atoms. The molecule has 3 rings (SSSR count). The standard InChI is InChI=1S/C17H17FN2S/c1-11(13-7-3-4-8-14(13)18)19-12(2)17-20-15-9-5-6-10-16(15)21-17/h3-12,19H,1-2H3/t11-,12?/m1/s1. The summed E-state index contributed by atoms with van der Waals surface area (Å²) in [6.07, 6.45) is 0. The van der Waals surface area contributed by atoms with Gasteiger partial charge in [-0.2, -0.15) is 0 Å². The normalized spacial score (nSPS) is 14.2. The van der Waals surface area contributed by atoms with Gasteiger partial charge in [-0.15, -0.1) is 11.3 Å². The van der Waals surface area contributed by atoms with Gasteiger partial charge in [0.2, 0.25) is 0 Å². The second-order valence-corrected chi connectivity index (χ2v) is 6.21. The summed E-state index contributed by atoms with van der Waals surface area (Å²) in [6, 6.07) is 15.0. The van der Waals surface area contributed by atoms with Crippen LogP contribution in [0.3, 0.4) is 0 Å². The zero-order valence-electron chi connectivity index (χ0n) is 12.0. The van der Waals surface area contributed by atoms with E-state index >= 15 is 0 Å². The van der Waals surface area contributed by atoms with E-state index in [1.165, 1.54) is 10.8 Å². The SMILES string of the molecule is CC(N[C@H](C)c1ccccc1F)c1nc2ccccc2s1. The highest BCUT2D eigenvalue weighted by atomic mass is 32.1. The number of benzene rings is 2. The van der Waals surface area contributed by atoms with Crippen LogP contribution in [0.1, 0.15) is 36.5 Å². The molecule has 1 aromatic heterocycles. The maximum absolute atomic E-state index is 13.8. The molecule has 2 atom stereocenters. The summed E-state index contributed by atoms with van der Waals surface area (Å²) in [7, 11) is 0. The fourth-order valence-electron chi connectivity index (χ4n) is 2.44. The Morgan fingerprint density at radius 2 is 1.71 bits per heavy atom. The number of aromatic nitrogens is 1. The van der Waals surface area contributed by atoms with Crippen LogP contribution in [-0.4, -0.2) is 4.98 Å². The molecule has 1 unspecified atom stereocenters. The molecular weight excluding hydrogens is 283 g/mol. The van der Waals surface area contributed by atoms with Crippen LogP contribution in [0.4, 0.5) is 4.39 Å². The van der Waals surface area contributed by atoms with Gasteiger partial charge >= 0.3 is 0 Å². The number of hydrogen-bond acceptors (Lipinski definition) is 3. The minimum absolute atomic E-state index is 0.0618. The van der Waals surface area contributed by atoms with Gasteiger partial charge in [0.15, 0.2) is 0 Å². The lowest BCUT2D eigenvalue weighted by Crippen LogP contribution is -2.23. The Balaban J connectivity index is 1.79. The quantitative estimate of drug-likeness (QED) is 0.745. The summed E-state index contributed by atoms with van der Waals surface area (Å²) < 4.78 is 15.0. The third-order valence-corrected chi connectivity index (χ3v) is 4.77. The van der Waals surface area contributed by atoms with Gasteiger partial charge in [0.25, 0.3) is 0 Å². The van der Waals surface area contributed by atoms with E-state index in [1.807, 2.05) is 37.3 Å². The van der Waals surface area contributed by atoms with Gasteiger partial charge in [-0.25, -0.2) is 9.37 Å². The average Bonchev–Trinajstić information content (AvgIpc) is 2.91. The summed E-state index contributed by atoms with van der Waals surface area (Å²) in [4.78, 5) is 4.64. The van der Waals surface area contributed by atoms with E-state index in [2.05, 4.69) is 23.3 Å². The third kappa shape index (κ3) is 2.96. The van der Waals surface area contributed by atoms with E-state index < -0.39 is 0 Å². The van der Waals surface area contributed by atoms with Gasteiger partial charge in [-0.1, -0.05) is 30.3 Å². The maximum atomic E-state index is 13.8. The van der Waals surface area contributed by atoms with Crippen molar-refractivity contribution < 1.29 is 4.39 Å². The van der Waals surface area contributed by atoms with Gasteiger partial charge in [-0.3, -0.25) is 0 Å². The number of para-hydroxylation sites is 1. The van der Waals surface area contributed by atoms with E-state index in [0.717, 1.165) is 10.5 Å². The molecule has 4 heteroatoms. The predicted molar refractivity (Wildman–Crippen MR) is 86.0 cm³/mol. The molecular formula is C17H17FN2S. The fraction of sp³-hybridized carbons (Fsp3) is 0.235. The first-order valence-corrected chi connectivity index (χ1v) is 7.83. The highest BCUT2D eigenvalue weighted by molar-refractivity contribution is 7.18. The summed E-state index contributed by atoms with van der Waals surface area (Å²) in [5, 5.41) is 4.45. The molecule has 0 radical (unpaired) electrons. The number of fused-ring (bicyclic) bond motifs is 1. The molecule has 108 valence electrons. The Labute approximate surface area is 127 Å². The number of nitrogens with zero attached hydrogens (tertiary/aromatic N) is 1. The van der Waals surface area contributed by atoms with Gasteiger partial charge in [0.1, 0.15) is 10.8 Å². The summed E-state index contributed by atoms with van der Waals surface area (Å²) in [6.45, 7) is 4.04. The first kappa shape index (κ1) is 14.2. The monoisotopic (exact) mass is 300 g/mol. The molecule has 1 N–H and O–H groups in total.